The van der Waals surface area contributed by atoms with Crippen molar-refractivity contribution in [1.82, 2.24) is 24.8 Å². The molecule has 0 unspecified atom stereocenters. The monoisotopic (exact) mass is 587 g/mol. The van der Waals surface area contributed by atoms with Crippen molar-refractivity contribution in [3.8, 4) is 11.1 Å². The summed E-state index contributed by atoms with van der Waals surface area (Å²) >= 11 is 1.54. The van der Waals surface area contributed by atoms with Crippen molar-refractivity contribution in [2.24, 2.45) is 12.5 Å². The van der Waals surface area contributed by atoms with Gasteiger partial charge in [-0.3, -0.25) is 14.5 Å². The number of nitrogens with zero attached hydrogens (tertiary/aromatic N) is 5. The Bertz CT molecular complexity index is 1630. The van der Waals surface area contributed by atoms with Crippen LogP contribution in [0, 0.1) is 5.41 Å². The van der Waals surface area contributed by atoms with Crippen LogP contribution in [0.5, 0.6) is 0 Å². The highest BCUT2D eigenvalue weighted by atomic mass is 32.1. The van der Waals surface area contributed by atoms with Crippen molar-refractivity contribution in [3.63, 3.8) is 0 Å². The van der Waals surface area contributed by atoms with Gasteiger partial charge >= 0.3 is 0 Å². The van der Waals surface area contributed by atoms with Gasteiger partial charge < -0.3 is 25.2 Å². The van der Waals surface area contributed by atoms with E-state index in [4.69, 9.17) is 4.98 Å². The maximum Gasteiger partial charge on any atom is 0.275 e. The van der Waals surface area contributed by atoms with Gasteiger partial charge in [0.1, 0.15) is 17.2 Å². The molecule has 220 valence electrons. The van der Waals surface area contributed by atoms with Crippen molar-refractivity contribution in [3.05, 3.63) is 74.9 Å². The highest BCUT2D eigenvalue weighted by Gasteiger charge is 2.35. The largest absolute Gasteiger partial charge is 0.392 e. The number of amides is 1. The van der Waals surface area contributed by atoms with Crippen LogP contribution in [0.15, 0.2) is 53.2 Å². The van der Waals surface area contributed by atoms with E-state index in [0.29, 0.717) is 46.6 Å². The number of carbonyl (C=O) groups excluding carboxylic acids is 1. The second-order valence-electron chi connectivity index (χ2n) is 12.0. The lowest BCUT2D eigenvalue weighted by Crippen LogP contribution is -2.50. The molecule has 1 saturated heterocycles. The molecule has 1 fully saturated rings. The molecule has 6 heterocycles. The average Bonchev–Trinajstić information content (AvgIpc) is 3.37. The number of nitrogens with one attached hydrogen (secondary N) is 2. The smallest absolute Gasteiger partial charge is 0.275 e. The second kappa shape index (κ2) is 11.1. The zero-order valence-electron chi connectivity index (χ0n) is 24.4. The van der Waals surface area contributed by atoms with Crippen LogP contribution in [0.4, 0.5) is 16.6 Å². The van der Waals surface area contributed by atoms with Gasteiger partial charge in [-0.2, -0.15) is 0 Å². The number of hydrogen-bond donors (Lipinski definition) is 3. The quantitative estimate of drug-likeness (QED) is 0.414. The number of aliphatic hydroxyl groups excluding tert-OH is 1. The van der Waals surface area contributed by atoms with Crippen LogP contribution in [0.25, 0.3) is 11.1 Å². The number of fused-ring (bicyclic) bond motifs is 2. The molecule has 3 aromatic heterocycles. The lowest BCUT2D eigenvalue weighted by atomic mass is 9.81. The third-order valence-corrected chi connectivity index (χ3v) is 9.30. The molecule has 0 atom stereocenters. The van der Waals surface area contributed by atoms with Gasteiger partial charge in [0.05, 0.1) is 12.3 Å². The molecule has 3 aliphatic heterocycles. The molecule has 10 nitrogen and oxygen atoms in total. The fourth-order valence-electron chi connectivity index (χ4n) is 6.07. The summed E-state index contributed by atoms with van der Waals surface area (Å²) in [5.41, 5.74) is 4.91. The van der Waals surface area contributed by atoms with Gasteiger partial charge in [-0.05, 0) is 42.0 Å². The van der Waals surface area contributed by atoms with Crippen LogP contribution < -0.4 is 21.1 Å². The molecule has 3 aliphatic rings. The number of carbonyl (C=O) groups is 1. The maximum absolute atomic E-state index is 13.9. The van der Waals surface area contributed by atoms with Crippen LogP contribution in [0.1, 0.15) is 42.8 Å². The minimum atomic E-state index is -0.316. The van der Waals surface area contributed by atoms with Crippen LogP contribution in [-0.2, 0) is 31.4 Å². The molecular formula is C31H37N7O3S. The molecule has 42 heavy (non-hydrogen) atoms. The fraction of sp³-hybridized carbons (Fsp3) is 0.419. The third-order valence-electron chi connectivity index (χ3n) is 8.29. The molecule has 0 bridgehead atoms. The van der Waals surface area contributed by atoms with Gasteiger partial charge in [0.2, 0.25) is 0 Å². The van der Waals surface area contributed by atoms with E-state index in [1.807, 2.05) is 12.1 Å². The summed E-state index contributed by atoms with van der Waals surface area (Å²) in [6.07, 6.45) is 7.96. The normalized spacial score (nSPS) is 19.9. The molecule has 3 N–H and O–H groups in total. The first kappa shape index (κ1) is 28.3. The molecular weight excluding hydrogens is 550 g/mol. The number of aryl methyl sites for hydroxylation is 1. The lowest BCUT2D eigenvalue weighted by Gasteiger charge is -2.41. The van der Waals surface area contributed by atoms with E-state index in [1.54, 1.807) is 41.7 Å². The number of hydrogen-bond acceptors (Lipinski definition) is 9. The molecule has 0 saturated carbocycles. The molecule has 0 radical (unpaired) electrons. The van der Waals surface area contributed by atoms with Crippen LogP contribution in [0.2, 0.25) is 0 Å². The predicted molar refractivity (Wildman–Crippen MR) is 166 cm³/mol. The number of rotatable bonds is 5. The van der Waals surface area contributed by atoms with E-state index >= 15 is 0 Å². The fourth-order valence-corrected chi connectivity index (χ4v) is 7.06. The van der Waals surface area contributed by atoms with E-state index in [0.717, 1.165) is 55.7 Å². The van der Waals surface area contributed by atoms with Crippen molar-refractivity contribution >= 4 is 33.9 Å². The zero-order valence-corrected chi connectivity index (χ0v) is 25.2. The predicted octanol–water partition coefficient (Wildman–Crippen LogP) is 3.69. The molecule has 6 rings (SSSR count). The van der Waals surface area contributed by atoms with E-state index in [-0.39, 0.29) is 23.5 Å². The molecule has 0 aliphatic carbocycles. The first-order chi connectivity index (χ1) is 20.1. The molecule has 0 aromatic carbocycles. The van der Waals surface area contributed by atoms with E-state index < -0.39 is 0 Å². The standard InChI is InChI=1S/C31H37N7O3S/c1-19-13-25-29(41)38(12-11-37(25)10-7-31(2,3)15-19)27-22(18-39)21(5-9-33-27)20-14-24(28(40)36(4)17-20)35-30-34-23-6-8-32-16-26(23)42-30/h5,9,13-14,17,32,39H,1,6-8,10-12,15-16,18H2,2-4H3,(H,34,35)/b25-13-. The van der Waals surface area contributed by atoms with E-state index in [9.17, 15) is 14.7 Å². The molecule has 1 amide bonds. The topological polar surface area (TPSA) is 116 Å². The van der Waals surface area contributed by atoms with Crippen molar-refractivity contribution in [2.75, 3.05) is 36.4 Å². The Balaban J connectivity index is 1.35. The van der Waals surface area contributed by atoms with Crippen molar-refractivity contribution < 1.29 is 9.90 Å². The van der Waals surface area contributed by atoms with E-state index in [1.165, 1.54) is 9.44 Å². The van der Waals surface area contributed by atoms with Gasteiger partial charge in [-0.15, -0.1) is 11.3 Å². The van der Waals surface area contributed by atoms with Gasteiger partial charge in [-0.25, -0.2) is 9.97 Å². The van der Waals surface area contributed by atoms with Gasteiger partial charge in [0.25, 0.3) is 11.5 Å². The summed E-state index contributed by atoms with van der Waals surface area (Å²) in [6, 6.07) is 3.59. The summed E-state index contributed by atoms with van der Waals surface area (Å²) in [4.78, 5) is 41.2. The Morgan fingerprint density at radius 1 is 1.24 bits per heavy atom. The number of anilines is 3. The van der Waals surface area contributed by atoms with E-state index in [2.05, 4.69) is 40.9 Å². The summed E-state index contributed by atoms with van der Waals surface area (Å²) < 4.78 is 1.52. The number of piperazine rings is 1. The maximum atomic E-state index is 13.9. The second-order valence-corrected chi connectivity index (χ2v) is 13.1. The van der Waals surface area contributed by atoms with Crippen LogP contribution in [-0.4, -0.2) is 56.6 Å². The lowest BCUT2D eigenvalue weighted by molar-refractivity contribution is -0.118. The summed E-state index contributed by atoms with van der Waals surface area (Å²) in [5, 5.41) is 17.9. The highest BCUT2D eigenvalue weighted by molar-refractivity contribution is 7.15. The Hall–Kier alpha value is -3.80. The number of pyridine rings is 2. The number of allylic oxidation sites excluding steroid dienone is 2. The minimum absolute atomic E-state index is 0.124. The van der Waals surface area contributed by atoms with Gasteiger partial charge in [0, 0.05) is 74.6 Å². The van der Waals surface area contributed by atoms with Crippen molar-refractivity contribution in [1.29, 1.82) is 0 Å². The first-order valence-corrected chi connectivity index (χ1v) is 15.2. The average molecular weight is 588 g/mol. The van der Waals surface area contributed by atoms with Gasteiger partial charge in [0.15, 0.2) is 5.13 Å². The third kappa shape index (κ3) is 5.39. The highest BCUT2D eigenvalue weighted by Crippen LogP contribution is 2.36. The molecule has 3 aromatic rings. The zero-order chi connectivity index (χ0) is 29.6. The summed E-state index contributed by atoms with van der Waals surface area (Å²) in [5.74, 6) is 0.281. The first-order valence-electron chi connectivity index (χ1n) is 14.4. The molecule has 11 heteroatoms. The summed E-state index contributed by atoms with van der Waals surface area (Å²) in [6.45, 7) is 12.0. The molecule has 0 spiro atoms. The number of aliphatic hydroxyl groups is 1. The van der Waals surface area contributed by atoms with Gasteiger partial charge in [-0.1, -0.05) is 26.0 Å². The number of thiazole rings is 1. The Kier molecular flexibility index (Phi) is 7.50. The van der Waals surface area contributed by atoms with Crippen LogP contribution in [0.3, 0.4) is 0 Å². The Morgan fingerprint density at radius 3 is 2.86 bits per heavy atom. The van der Waals surface area contributed by atoms with Crippen molar-refractivity contribution in [2.45, 2.75) is 46.3 Å². The summed E-state index contributed by atoms with van der Waals surface area (Å²) in [7, 11) is 1.70. The van der Waals surface area contributed by atoms with Crippen LogP contribution >= 0.6 is 11.3 Å². The Morgan fingerprint density at radius 2 is 2.07 bits per heavy atom. The minimum Gasteiger partial charge on any atom is -0.392 e. The Labute approximate surface area is 249 Å². The number of aromatic nitrogens is 3. The SMILES string of the molecule is C=C1/C=C2/C(=O)N(c3nccc(-c4cc(Nc5nc6c(s5)CNCC6)c(=O)n(C)c4)c3CO)CCN2CCC(C)(C)C1.